The highest BCUT2D eigenvalue weighted by molar-refractivity contribution is 5.47. The number of amides is 1. The first-order valence-corrected chi connectivity index (χ1v) is 4.58. The average molecular weight is 192 g/mol. The Labute approximate surface area is 84.1 Å². The van der Waals surface area contributed by atoms with Crippen LogP contribution in [0.15, 0.2) is 24.3 Å². The summed E-state index contributed by atoms with van der Waals surface area (Å²) >= 11 is 0. The summed E-state index contributed by atoms with van der Waals surface area (Å²) in [4.78, 5) is 9.97. The third-order valence-electron chi connectivity index (χ3n) is 1.63. The van der Waals surface area contributed by atoms with Gasteiger partial charge in [0.25, 0.3) is 0 Å². The topological polar surface area (TPSA) is 38.3 Å². The van der Waals surface area contributed by atoms with Crippen LogP contribution in [0.25, 0.3) is 0 Å². The SMILES string of the molecule is CC(C)Oc1cccc(CN[C]=O)c1. The first-order valence-electron chi connectivity index (χ1n) is 4.58. The monoisotopic (exact) mass is 192 g/mol. The van der Waals surface area contributed by atoms with E-state index in [9.17, 15) is 4.79 Å². The maximum Gasteiger partial charge on any atom is 0.309 e. The fraction of sp³-hybridized carbons (Fsp3) is 0.364. The summed E-state index contributed by atoms with van der Waals surface area (Å²) in [6.45, 7) is 4.44. The van der Waals surface area contributed by atoms with E-state index in [4.69, 9.17) is 4.74 Å². The third kappa shape index (κ3) is 3.47. The highest BCUT2D eigenvalue weighted by atomic mass is 16.5. The minimum Gasteiger partial charge on any atom is -0.491 e. The molecule has 1 radical (unpaired) electrons. The molecule has 0 aromatic heterocycles. The molecule has 0 aliphatic rings. The standard InChI is InChI=1S/C11H14NO2/c1-9(2)14-11-5-3-4-10(6-11)7-12-8-13/h3-6,9H,7H2,1-2H3,(H,12,13). The molecular weight excluding hydrogens is 178 g/mol. The molecule has 1 amide bonds. The maximum atomic E-state index is 9.97. The lowest BCUT2D eigenvalue weighted by Crippen LogP contribution is -2.10. The second kappa shape index (κ2) is 5.27. The van der Waals surface area contributed by atoms with E-state index in [1.807, 2.05) is 38.1 Å². The molecule has 0 bridgehead atoms. The molecular formula is C11H14NO2. The van der Waals surface area contributed by atoms with Crippen molar-refractivity contribution in [2.45, 2.75) is 26.5 Å². The molecule has 1 aromatic carbocycles. The fourth-order valence-electron chi connectivity index (χ4n) is 1.14. The van der Waals surface area contributed by atoms with Crippen LogP contribution in [0.3, 0.4) is 0 Å². The van der Waals surface area contributed by atoms with Crippen molar-refractivity contribution in [1.82, 2.24) is 5.32 Å². The van der Waals surface area contributed by atoms with Gasteiger partial charge in [-0.15, -0.1) is 0 Å². The Hall–Kier alpha value is -1.51. The van der Waals surface area contributed by atoms with Gasteiger partial charge in [0.05, 0.1) is 6.10 Å². The molecule has 0 unspecified atom stereocenters. The first kappa shape index (κ1) is 10.6. The summed E-state index contributed by atoms with van der Waals surface area (Å²) in [6.07, 6.45) is 1.80. The van der Waals surface area contributed by atoms with Crippen molar-refractivity contribution in [2.24, 2.45) is 0 Å². The van der Waals surface area contributed by atoms with Gasteiger partial charge >= 0.3 is 6.41 Å². The number of hydrogen-bond acceptors (Lipinski definition) is 2. The predicted octanol–water partition coefficient (Wildman–Crippen LogP) is 1.63. The van der Waals surface area contributed by atoms with Crippen LogP contribution in [0, 0.1) is 0 Å². The first-order chi connectivity index (χ1) is 6.72. The maximum absolute atomic E-state index is 9.97. The van der Waals surface area contributed by atoms with E-state index < -0.39 is 0 Å². The lowest BCUT2D eigenvalue weighted by molar-refractivity contribution is 0.242. The number of hydrogen-bond donors (Lipinski definition) is 1. The lowest BCUT2D eigenvalue weighted by Gasteiger charge is -2.10. The highest BCUT2D eigenvalue weighted by Gasteiger charge is 1.98. The minimum absolute atomic E-state index is 0.163. The molecule has 0 atom stereocenters. The van der Waals surface area contributed by atoms with Gasteiger partial charge in [0.1, 0.15) is 5.75 Å². The summed E-state index contributed by atoms with van der Waals surface area (Å²) in [7, 11) is 0. The van der Waals surface area contributed by atoms with Crippen LogP contribution in [0.5, 0.6) is 5.75 Å². The lowest BCUT2D eigenvalue weighted by atomic mass is 10.2. The molecule has 1 rings (SSSR count). The fourth-order valence-corrected chi connectivity index (χ4v) is 1.14. The predicted molar refractivity (Wildman–Crippen MR) is 54.7 cm³/mol. The molecule has 3 heteroatoms. The van der Waals surface area contributed by atoms with E-state index in [0.29, 0.717) is 6.54 Å². The van der Waals surface area contributed by atoms with E-state index in [-0.39, 0.29) is 6.10 Å². The van der Waals surface area contributed by atoms with Gasteiger partial charge in [-0.05, 0) is 31.5 Å². The van der Waals surface area contributed by atoms with Crippen molar-refractivity contribution in [3.05, 3.63) is 29.8 Å². The van der Waals surface area contributed by atoms with Gasteiger partial charge < -0.3 is 10.1 Å². The molecule has 3 nitrogen and oxygen atoms in total. The Morgan fingerprint density at radius 2 is 2.29 bits per heavy atom. The molecule has 1 aromatic rings. The largest absolute Gasteiger partial charge is 0.491 e. The number of rotatable bonds is 5. The summed E-state index contributed by atoms with van der Waals surface area (Å²) < 4.78 is 5.51. The van der Waals surface area contributed by atoms with Crippen molar-refractivity contribution in [3.8, 4) is 5.75 Å². The molecule has 0 spiro atoms. The summed E-state index contributed by atoms with van der Waals surface area (Å²) in [6, 6.07) is 7.63. The van der Waals surface area contributed by atoms with Crippen LogP contribution in [-0.4, -0.2) is 12.5 Å². The Bertz CT molecular complexity index is 297. The zero-order valence-electron chi connectivity index (χ0n) is 8.41. The zero-order valence-corrected chi connectivity index (χ0v) is 8.41. The number of benzene rings is 1. The van der Waals surface area contributed by atoms with Crippen molar-refractivity contribution in [2.75, 3.05) is 0 Å². The number of ether oxygens (including phenoxy) is 1. The molecule has 0 saturated heterocycles. The van der Waals surface area contributed by atoms with Crippen LogP contribution in [-0.2, 0) is 11.3 Å². The van der Waals surface area contributed by atoms with E-state index in [0.717, 1.165) is 11.3 Å². The van der Waals surface area contributed by atoms with Gasteiger partial charge in [0.2, 0.25) is 0 Å². The van der Waals surface area contributed by atoms with Gasteiger partial charge in [-0.25, -0.2) is 0 Å². The quantitative estimate of drug-likeness (QED) is 0.720. The molecule has 0 aliphatic heterocycles. The van der Waals surface area contributed by atoms with Crippen molar-refractivity contribution >= 4 is 6.41 Å². The number of carbonyl (C=O) groups excluding carboxylic acids is 1. The Balaban J connectivity index is 2.63. The van der Waals surface area contributed by atoms with Gasteiger partial charge in [-0.3, -0.25) is 4.79 Å². The van der Waals surface area contributed by atoms with Crippen molar-refractivity contribution in [3.63, 3.8) is 0 Å². The van der Waals surface area contributed by atoms with Crippen LogP contribution in [0.2, 0.25) is 0 Å². The molecule has 75 valence electrons. The van der Waals surface area contributed by atoms with E-state index in [1.54, 1.807) is 6.41 Å². The van der Waals surface area contributed by atoms with Crippen molar-refractivity contribution in [1.29, 1.82) is 0 Å². The normalized spacial score (nSPS) is 9.93. The third-order valence-corrected chi connectivity index (χ3v) is 1.63. The second-order valence-electron chi connectivity index (χ2n) is 3.27. The van der Waals surface area contributed by atoms with Crippen LogP contribution >= 0.6 is 0 Å². The number of nitrogens with one attached hydrogen (secondary N) is 1. The smallest absolute Gasteiger partial charge is 0.309 e. The van der Waals surface area contributed by atoms with Gasteiger partial charge in [-0.2, -0.15) is 0 Å². The molecule has 0 fully saturated rings. The van der Waals surface area contributed by atoms with Crippen LogP contribution < -0.4 is 10.1 Å². The zero-order chi connectivity index (χ0) is 10.4. The van der Waals surface area contributed by atoms with E-state index >= 15 is 0 Å². The molecule has 14 heavy (non-hydrogen) atoms. The second-order valence-corrected chi connectivity index (χ2v) is 3.27. The molecule has 0 saturated carbocycles. The van der Waals surface area contributed by atoms with E-state index in [1.165, 1.54) is 0 Å². The summed E-state index contributed by atoms with van der Waals surface area (Å²) in [5, 5.41) is 2.48. The summed E-state index contributed by atoms with van der Waals surface area (Å²) in [5.41, 5.74) is 1.01. The van der Waals surface area contributed by atoms with E-state index in [2.05, 4.69) is 5.32 Å². The van der Waals surface area contributed by atoms with Crippen LogP contribution in [0.4, 0.5) is 0 Å². The molecule has 1 N–H and O–H groups in total. The van der Waals surface area contributed by atoms with Gasteiger partial charge in [0, 0.05) is 6.54 Å². The average Bonchev–Trinajstić information content (AvgIpc) is 2.14. The molecule has 0 heterocycles. The van der Waals surface area contributed by atoms with Crippen LogP contribution in [0.1, 0.15) is 19.4 Å². The Morgan fingerprint density at radius 3 is 2.93 bits per heavy atom. The minimum atomic E-state index is 0.163. The Morgan fingerprint density at radius 1 is 1.50 bits per heavy atom. The Kier molecular flexibility index (Phi) is 3.98. The van der Waals surface area contributed by atoms with Crippen molar-refractivity contribution < 1.29 is 9.53 Å². The van der Waals surface area contributed by atoms with Gasteiger partial charge in [-0.1, -0.05) is 12.1 Å². The summed E-state index contributed by atoms with van der Waals surface area (Å²) in [5.74, 6) is 0.824. The molecule has 0 aliphatic carbocycles. The highest BCUT2D eigenvalue weighted by Crippen LogP contribution is 2.14. The van der Waals surface area contributed by atoms with Gasteiger partial charge in [0.15, 0.2) is 0 Å².